The monoisotopic (exact) mass is 537 g/mol. The number of hydrogen-bond donors (Lipinski definition) is 2. The van der Waals surface area contributed by atoms with Crippen molar-refractivity contribution < 1.29 is 37.7 Å². The number of halogens is 5. The van der Waals surface area contributed by atoms with Crippen LogP contribution >= 0.6 is 23.2 Å². The predicted octanol–water partition coefficient (Wildman–Crippen LogP) is 6.35. The number of nitrogens with zero attached hydrogens (tertiary/aromatic N) is 1. The molecule has 1 heterocycles. The highest BCUT2D eigenvalue weighted by atomic mass is 35.5. The number of carbonyl (C=O) groups is 2. The highest BCUT2D eigenvalue weighted by Gasteiger charge is 2.47. The number of benzene rings is 3. The van der Waals surface area contributed by atoms with Gasteiger partial charge in [0.1, 0.15) is 17.3 Å². The highest BCUT2D eigenvalue weighted by Crippen LogP contribution is 2.45. The second-order valence-electron chi connectivity index (χ2n) is 7.78. The molecule has 3 aromatic carbocycles. The van der Waals surface area contributed by atoms with Crippen LogP contribution in [-0.4, -0.2) is 29.0 Å². The molecule has 1 aliphatic heterocycles. The largest absolute Gasteiger partial charge is 0.508 e. The number of aromatic hydroxyl groups is 1. The van der Waals surface area contributed by atoms with Crippen molar-refractivity contribution in [3.8, 4) is 11.5 Å². The average Bonchev–Trinajstić information content (AvgIpc) is 3.08. The third-order valence-electron chi connectivity index (χ3n) is 5.57. The maximum absolute atomic E-state index is 13.4. The number of phenolic OH excluding ortho intramolecular Hbond substituents is 1. The Morgan fingerprint density at radius 2 is 1.69 bits per heavy atom. The van der Waals surface area contributed by atoms with Crippen LogP contribution in [-0.2, 0) is 15.8 Å². The first-order valence-electron chi connectivity index (χ1n) is 10.2. The van der Waals surface area contributed by atoms with Gasteiger partial charge in [-0.3, -0.25) is 14.5 Å². The quantitative estimate of drug-likeness (QED) is 0.230. The van der Waals surface area contributed by atoms with Gasteiger partial charge in [-0.15, -0.1) is 0 Å². The standard InChI is InChI=1S/C25H16Cl2F3NO5/c1-36-23-17(10-14(26)11-18(23)27)21(33)19-20(12-5-7-16(32)8-6-12)31(24(35)22(19)34)15-4-2-3-13(9-15)25(28,29)30/h2-11,20,32-33H,1H3/b21-19+. The van der Waals surface area contributed by atoms with Gasteiger partial charge in [0.05, 0.1) is 34.9 Å². The summed E-state index contributed by atoms with van der Waals surface area (Å²) in [7, 11) is 1.27. The van der Waals surface area contributed by atoms with Crippen LogP contribution in [0.1, 0.15) is 22.7 Å². The minimum Gasteiger partial charge on any atom is -0.508 e. The maximum atomic E-state index is 13.4. The van der Waals surface area contributed by atoms with Crippen molar-refractivity contribution in [3.05, 3.63) is 93.0 Å². The summed E-state index contributed by atoms with van der Waals surface area (Å²) in [4.78, 5) is 27.2. The molecule has 11 heteroatoms. The molecule has 1 atom stereocenters. The first-order chi connectivity index (χ1) is 16.9. The Bertz CT molecular complexity index is 1400. The van der Waals surface area contributed by atoms with E-state index in [1.54, 1.807) is 0 Å². The lowest BCUT2D eigenvalue weighted by molar-refractivity contribution is -0.137. The summed E-state index contributed by atoms with van der Waals surface area (Å²) in [6.45, 7) is 0. The van der Waals surface area contributed by atoms with Gasteiger partial charge in [0.15, 0.2) is 0 Å². The summed E-state index contributed by atoms with van der Waals surface area (Å²) in [6.07, 6.45) is -4.71. The number of hydrogen-bond acceptors (Lipinski definition) is 5. The van der Waals surface area contributed by atoms with Crippen LogP contribution in [0.5, 0.6) is 11.5 Å². The number of carbonyl (C=O) groups excluding carboxylic acids is 2. The zero-order valence-corrected chi connectivity index (χ0v) is 19.8. The van der Waals surface area contributed by atoms with Crippen molar-refractivity contribution in [2.24, 2.45) is 0 Å². The van der Waals surface area contributed by atoms with Gasteiger partial charge < -0.3 is 14.9 Å². The summed E-state index contributed by atoms with van der Waals surface area (Å²) in [5.74, 6) is -3.17. The third-order valence-corrected chi connectivity index (χ3v) is 6.07. The molecule has 6 nitrogen and oxygen atoms in total. The normalized spacial score (nSPS) is 17.5. The van der Waals surface area contributed by atoms with Gasteiger partial charge in [-0.25, -0.2) is 0 Å². The van der Waals surface area contributed by atoms with E-state index in [-0.39, 0.29) is 38.4 Å². The lowest BCUT2D eigenvalue weighted by Crippen LogP contribution is -2.29. The highest BCUT2D eigenvalue weighted by molar-refractivity contribution is 6.52. The van der Waals surface area contributed by atoms with E-state index in [0.717, 1.165) is 23.1 Å². The number of ether oxygens (including phenoxy) is 1. The van der Waals surface area contributed by atoms with E-state index in [9.17, 15) is 33.0 Å². The van der Waals surface area contributed by atoms with Crippen LogP contribution in [0.2, 0.25) is 10.0 Å². The zero-order chi connectivity index (χ0) is 26.4. The molecule has 0 spiro atoms. The van der Waals surface area contributed by atoms with Crippen LogP contribution in [0.4, 0.5) is 18.9 Å². The SMILES string of the molecule is COc1c(Cl)cc(Cl)cc1/C(O)=C1\C(=O)C(=O)N(c2cccc(C(F)(F)F)c2)C1c1ccc(O)cc1. The van der Waals surface area contributed by atoms with Crippen LogP contribution in [0.25, 0.3) is 5.76 Å². The lowest BCUT2D eigenvalue weighted by Gasteiger charge is -2.26. The number of aliphatic hydroxyl groups is 1. The summed E-state index contributed by atoms with van der Waals surface area (Å²) >= 11 is 12.2. The predicted molar refractivity (Wildman–Crippen MR) is 127 cm³/mol. The Morgan fingerprint density at radius 3 is 2.31 bits per heavy atom. The fourth-order valence-electron chi connectivity index (χ4n) is 3.99. The second-order valence-corrected chi connectivity index (χ2v) is 8.62. The van der Waals surface area contributed by atoms with E-state index in [1.807, 2.05) is 0 Å². The molecule has 3 aromatic rings. The summed E-state index contributed by atoms with van der Waals surface area (Å²) in [5, 5.41) is 21.1. The Kier molecular flexibility index (Phi) is 6.64. The number of ketones is 1. The fraction of sp³-hybridized carbons (Fsp3) is 0.120. The Morgan fingerprint density at radius 1 is 1.03 bits per heavy atom. The van der Waals surface area contributed by atoms with Gasteiger partial charge in [-0.05, 0) is 48.0 Å². The van der Waals surface area contributed by atoms with Crippen LogP contribution in [0.15, 0.2) is 66.2 Å². The molecule has 1 saturated heterocycles. The molecule has 1 fully saturated rings. The van der Waals surface area contributed by atoms with Gasteiger partial charge in [-0.2, -0.15) is 13.2 Å². The zero-order valence-electron chi connectivity index (χ0n) is 18.3. The van der Waals surface area contributed by atoms with Crippen molar-refractivity contribution in [1.82, 2.24) is 0 Å². The number of methoxy groups -OCH3 is 1. The van der Waals surface area contributed by atoms with Gasteiger partial charge in [0.2, 0.25) is 0 Å². The molecular formula is C25H16Cl2F3NO5. The molecule has 4 rings (SSSR count). The molecule has 1 aliphatic rings. The van der Waals surface area contributed by atoms with E-state index < -0.39 is 40.8 Å². The Hall–Kier alpha value is -3.69. The third kappa shape index (κ3) is 4.47. The number of alkyl halides is 3. The van der Waals surface area contributed by atoms with Crippen molar-refractivity contribution in [3.63, 3.8) is 0 Å². The molecular weight excluding hydrogens is 522 g/mol. The first-order valence-corrected chi connectivity index (χ1v) is 11.0. The van der Waals surface area contributed by atoms with Crippen molar-refractivity contribution >= 4 is 46.3 Å². The molecule has 1 amide bonds. The van der Waals surface area contributed by atoms with Gasteiger partial charge >= 0.3 is 6.18 Å². The van der Waals surface area contributed by atoms with Crippen molar-refractivity contribution in [2.75, 3.05) is 12.0 Å². The number of Topliss-reactive ketones (excluding diaryl/α,β-unsaturated/α-hetero) is 1. The molecule has 1 unspecified atom stereocenters. The van der Waals surface area contributed by atoms with E-state index in [2.05, 4.69) is 0 Å². The molecule has 0 aliphatic carbocycles. The second kappa shape index (κ2) is 9.40. The van der Waals surface area contributed by atoms with E-state index in [4.69, 9.17) is 27.9 Å². The number of anilines is 1. The molecule has 186 valence electrons. The summed E-state index contributed by atoms with van der Waals surface area (Å²) < 4.78 is 45.4. The van der Waals surface area contributed by atoms with Crippen LogP contribution in [0.3, 0.4) is 0 Å². The number of amides is 1. The molecule has 0 radical (unpaired) electrons. The van der Waals surface area contributed by atoms with Crippen molar-refractivity contribution in [2.45, 2.75) is 12.2 Å². The van der Waals surface area contributed by atoms with Gasteiger partial charge in [0.25, 0.3) is 11.7 Å². The smallest absolute Gasteiger partial charge is 0.416 e. The Balaban J connectivity index is 2.00. The molecule has 0 aromatic heterocycles. The van der Waals surface area contributed by atoms with Crippen LogP contribution < -0.4 is 9.64 Å². The molecule has 0 bridgehead atoms. The number of phenols is 1. The number of rotatable bonds is 4. The van der Waals surface area contributed by atoms with E-state index >= 15 is 0 Å². The van der Waals surface area contributed by atoms with Gasteiger partial charge in [-0.1, -0.05) is 41.4 Å². The first kappa shape index (κ1) is 25.4. The topological polar surface area (TPSA) is 87.1 Å². The Labute approximate surface area is 212 Å². The minimum absolute atomic E-state index is 0.0137. The van der Waals surface area contributed by atoms with Gasteiger partial charge in [0, 0.05) is 10.7 Å². The summed E-state index contributed by atoms with van der Waals surface area (Å²) in [6, 6.07) is 10.5. The molecule has 2 N–H and O–H groups in total. The fourth-order valence-corrected chi connectivity index (χ4v) is 4.56. The molecule has 36 heavy (non-hydrogen) atoms. The van der Waals surface area contributed by atoms with Crippen LogP contribution in [0, 0.1) is 0 Å². The molecule has 0 saturated carbocycles. The van der Waals surface area contributed by atoms with E-state index in [0.29, 0.717) is 0 Å². The lowest BCUT2D eigenvalue weighted by atomic mass is 9.94. The number of aliphatic hydroxyl groups excluding tert-OH is 1. The maximum Gasteiger partial charge on any atom is 0.416 e. The van der Waals surface area contributed by atoms with E-state index in [1.165, 1.54) is 49.6 Å². The summed E-state index contributed by atoms with van der Waals surface area (Å²) in [5.41, 5.74) is -1.55. The average molecular weight is 538 g/mol. The van der Waals surface area contributed by atoms with Crippen molar-refractivity contribution in [1.29, 1.82) is 0 Å². The minimum atomic E-state index is -4.71.